The molecule has 5 heteroatoms. The first-order valence-corrected chi connectivity index (χ1v) is 8.51. The van der Waals surface area contributed by atoms with Crippen molar-refractivity contribution in [3.63, 3.8) is 0 Å². The van der Waals surface area contributed by atoms with E-state index in [1.165, 1.54) is 11.3 Å². The van der Waals surface area contributed by atoms with Gasteiger partial charge in [-0.1, -0.05) is 6.07 Å². The Labute approximate surface area is 135 Å². The molecule has 0 aromatic carbocycles. The molecule has 1 fully saturated rings. The summed E-state index contributed by atoms with van der Waals surface area (Å²) < 4.78 is 0. The molecule has 3 heterocycles. The molecule has 0 N–H and O–H groups in total. The highest BCUT2D eigenvalue weighted by Gasteiger charge is 2.27. The number of aromatic nitrogens is 1. The number of likely N-dealkylation sites (N-methyl/N-ethyl adjacent to an activating group) is 1. The van der Waals surface area contributed by atoms with E-state index in [9.17, 15) is 4.79 Å². The van der Waals surface area contributed by atoms with Crippen molar-refractivity contribution >= 4 is 23.1 Å². The molecule has 0 unspecified atom stereocenters. The monoisotopic (exact) mass is 315 g/mol. The lowest BCUT2D eigenvalue weighted by Crippen LogP contribution is -2.48. The minimum absolute atomic E-state index is 0.131. The van der Waals surface area contributed by atoms with Crippen LogP contribution in [0.2, 0.25) is 0 Å². The number of rotatable bonds is 3. The van der Waals surface area contributed by atoms with Crippen molar-refractivity contribution < 1.29 is 4.79 Å². The van der Waals surface area contributed by atoms with Gasteiger partial charge < -0.3 is 9.80 Å². The van der Waals surface area contributed by atoms with Crippen LogP contribution in [0.25, 0.3) is 0 Å². The van der Waals surface area contributed by atoms with Gasteiger partial charge in [0, 0.05) is 32.4 Å². The van der Waals surface area contributed by atoms with Gasteiger partial charge in [0.25, 0.3) is 5.91 Å². The second kappa shape index (κ2) is 6.48. The Hall–Kier alpha value is -1.88. The maximum atomic E-state index is 12.6. The van der Waals surface area contributed by atoms with Gasteiger partial charge in [0.1, 0.15) is 5.82 Å². The third-order valence-corrected chi connectivity index (χ3v) is 5.22. The largest absolute Gasteiger partial charge is 0.355 e. The SMILES string of the molecule is Cc1csc(C(=O)N(C)[C@H]2CCCN(c3ccccn3)C2)c1. The molecule has 116 valence electrons. The van der Waals surface area contributed by atoms with E-state index < -0.39 is 0 Å². The maximum Gasteiger partial charge on any atom is 0.263 e. The topological polar surface area (TPSA) is 36.4 Å². The molecule has 1 aliphatic heterocycles. The van der Waals surface area contributed by atoms with E-state index in [1.54, 1.807) is 0 Å². The smallest absolute Gasteiger partial charge is 0.263 e. The summed E-state index contributed by atoms with van der Waals surface area (Å²) in [6, 6.07) is 8.19. The van der Waals surface area contributed by atoms with Gasteiger partial charge in [-0.2, -0.15) is 0 Å². The van der Waals surface area contributed by atoms with E-state index in [2.05, 4.69) is 9.88 Å². The molecule has 0 saturated carbocycles. The Morgan fingerprint density at radius 1 is 1.45 bits per heavy atom. The molecule has 22 heavy (non-hydrogen) atoms. The number of thiophene rings is 1. The van der Waals surface area contributed by atoms with Crippen molar-refractivity contribution in [2.45, 2.75) is 25.8 Å². The lowest BCUT2D eigenvalue weighted by molar-refractivity contribution is 0.0722. The van der Waals surface area contributed by atoms with Crippen molar-refractivity contribution in [1.82, 2.24) is 9.88 Å². The van der Waals surface area contributed by atoms with Gasteiger partial charge in [0.2, 0.25) is 0 Å². The second-order valence-electron chi connectivity index (χ2n) is 5.83. The van der Waals surface area contributed by atoms with E-state index in [4.69, 9.17) is 0 Å². The van der Waals surface area contributed by atoms with E-state index in [0.29, 0.717) is 0 Å². The molecule has 1 atom stereocenters. The van der Waals surface area contributed by atoms with Gasteiger partial charge in [0.15, 0.2) is 0 Å². The summed E-state index contributed by atoms with van der Waals surface area (Å²) in [6.45, 7) is 3.88. The number of carbonyl (C=O) groups excluding carboxylic acids is 1. The van der Waals surface area contributed by atoms with Crippen LogP contribution >= 0.6 is 11.3 Å². The summed E-state index contributed by atoms with van der Waals surface area (Å²) in [5, 5.41) is 2.03. The van der Waals surface area contributed by atoms with Gasteiger partial charge in [-0.25, -0.2) is 4.98 Å². The molecule has 0 aliphatic carbocycles. The van der Waals surface area contributed by atoms with E-state index in [1.807, 2.05) is 54.7 Å². The lowest BCUT2D eigenvalue weighted by atomic mass is 10.0. The molecule has 1 saturated heterocycles. The fourth-order valence-corrected chi connectivity index (χ4v) is 3.78. The number of pyridine rings is 1. The van der Waals surface area contributed by atoms with Crippen LogP contribution in [0.15, 0.2) is 35.8 Å². The first kappa shape index (κ1) is 15.0. The molecule has 2 aromatic heterocycles. The molecular weight excluding hydrogens is 294 g/mol. The fourth-order valence-electron chi connectivity index (χ4n) is 2.90. The van der Waals surface area contributed by atoms with Crippen LogP contribution in [0.3, 0.4) is 0 Å². The second-order valence-corrected chi connectivity index (χ2v) is 6.75. The minimum atomic E-state index is 0.131. The number of aryl methyl sites for hydroxylation is 1. The van der Waals surface area contributed by atoms with Gasteiger partial charge in [-0.3, -0.25) is 4.79 Å². The summed E-state index contributed by atoms with van der Waals surface area (Å²) in [4.78, 5) is 22.0. The maximum absolute atomic E-state index is 12.6. The Kier molecular flexibility index (Phi) is 4.43. The number of anilines is 1. The number of nitrogens with zero attached hydrogens (tertiary/aromatic N) is 3. The zero-order valence-corrected chi connectivity index (χ0v) is 13.8. The average Bonchev–Trinajstić information content (AvgIpc) is 3.01. The normalized spacial score (nSPS) is 18.3. The van der Waals surface area contributed by atoms with Crippen LogP contribution in [0.4, 0.5) is 5.82 Å². The number of hydrogen-bond donors (Lipinski definition) is 0. The molecule has 3 rings (SSSR count). The molecule has 0 radical (unpaired) electrons. The number of hydrogen-bond acceptors (Lipinski definition) is 4. The van der Waals surface area contributed by atoms with Gasteiger partial charge in [-0.15, -0.1) is 11.3 Å². The molecule has 0 bridgehead atoms. The molecule has 1 aliphatic rings. The van der Waals surface area contributed by atoms with Crippen LogP contribution in [-0.4, -0.2) is 42.0 Å². The van der Waals surface area contributed by atoms with Gasteiger partial charge in [-0.05, 0) is 48.9 Å². The summed E-state index contributed by atoms with van der Waals surface area (Å²) in [5.74, 6) is 1.13. The highest BCUT2D eigenvalue weighted by Crippen LogP contribution is 2.23. The quantitative estimate of drug-likeness (QED) is 0.873. The van der Waals surface area contributed by atoms with Crippen molar-refractivity contribution in [2.75, 3.05) is 25.0 Å². The van der Waals surface area contributed by atoms with Crippen molar-refractivity contribution in [3.05, 3.63) is 46.3 Å². The number of carbonyl (C=O) groups is 1. The van der Waals surface area contributed by atoms with Crippen LogP contribution in [0.5, 0.6) is 0 Å². The lowest BCUT2D eigenvalue weighted by Gasteiger charge is -2.38. The molecule has 4 nitrogen and oxygen atoms in total. The minimum Gasteiger partial charge on any atom is -0.355 e. The summed E-state index contributed by atoms with van der Waals surface area (Å²) in [5.41, 5.74) is 1.15. The van der Waals surface area contributed by atoms with Crippen LogP contribution in [0.1, 0.15) is 28.1 Å². The van der Waals surface area contributed by atoms with Gasteiger partial charge >= 0.3 is 0 Å². The zero-order chi connectivity index (χ0) is 15.5. The summed E-state index contributed by atoms with van der Waals surface area (Å²) in [6.07, 6.45) is 3.96. The predicted molar refractivity (Wildman–Crippen MR) is 90.6 cm³/mol. The molecule has 0 spiro atoms. The third kappa shape index (κ3) is 3.14. The zero-order valence-electron chi connectivity index (χ0n) is 13.0. The Balaban J connectivity index is 1.70. The van der Waals surface area contributed by atoms with Crippen molar-refractivity contribution in [3.8, 4) is 0 Å². The molecule has 2 aromatic rings. The van der Waals surface area contributed by atoms with Gasteiger partial charge in [0.05, 0.1) is 4.88 Å². The Bertz CT molecular complexity index is 640. The summed E-state index contributed by atoms with van der Waals surface area (Å²) in [7, 11) is 1.92. The van der Waals surface area contributed by atoms with Crippen LogP contribution in [0, 0.1) is 6.92 Å². The molecular formula is C17H21N3OS. The highest BCUT2D eigenvalue weighted by molar-refractivity contribution is 7.12. The third-order valence-electron chi connectivity index (χ3n) is 4.18. The van der Waals surface area contributed by atoms with Crippen molar-refractivity contribution in [1.29, 1.82) is 0 Å². The first-order valence-electron chi connectivity index (χ1n) is 7.63. The Morgan fingerprint density at radius 3 is 3.00 bits per heavy atom. The van der Waals surface area contributed by atoms with Crippen LogP contribution in [-0.2, 0) is 0 Å². The average molecular weight is 315 g/mol. The van der Waals surface area contributed by atoms with E-state index in [-0.39, 0.29) is 11.9 Å². The first-order chi connectivity index (χ1) is 10.6. The van der Waals surface area contributed by atoms with E-state index in [0.717, 1.165) is 42.2 Å². The number of piperidine rings is 1. The predicted octanol–water partition coefficient (Wildman–Crippen LogP) is 3.19. The highest BCUT2D eigenvalue weighted by atomic mass is 32.1. The van der Waals surface area contributed by atoms with Crippen LogP contribution < -0.4 is 4.90 Å². The molecule has 1 amide bonds. The Morgan fingerprint density at radius 2 is 2.32 bits per heavy atom. The fraction of sp³-hybridized carbons (Fsp3) is 0.412. The van der Waals surface area contributed by atoms with Crippen molar-refractivity contribution in [2.24, 2.45) is 0 Å². The number of amides is 1. The standard InChI is InChI=1S/C17H21N3OS/c1-13-10-15(22-12-13)17(21)19(2)14-6-5-9-20(11-14)16-7-3-4-8-18-16/h3-4,7-8,10,12,14H,5-6,9,11H2,1-2H3/t14-/m0/s1. The van der Waals surface area contributed by atoms with E-state index >= 15 is 0 Å². The summed E-state index contributed by atoms with van der Waals surface area (Å²) >= 11 is 1.53.